The molecule has 1 fully saturated rings. The number of aliphatic hydroxyl groups excluding tert-OH is 1. The number of hydrogen-bond donors (Lipinski definition) is 9. The summed E-state index contributed by atoms with van der Waals surface area (Å²) in [6, 6.07) is 6.77. The Hall–Kier alpha value is -8.01. The van der Waals surface area contributed by atoms with Gasteiger partial charge in [0.05, 0.1) is 48.8 Å². The molecule has 2 aromatic rings. The number of carbonyl (C=O) groups excluding carboxylic acids is 11. The first-order valence-corrected chi connectivity index (χ1v) is 31.6. The van der Waals surface area contributed by atoms with Gasteiger partial charge in [-0.3, -0.25) is 53.0 Å². The van der Waals surface area contributed by atoms with Crippen LogP contribution in [0, 0.1) is 29.6 Å². The first kappa shape index (κ1) is 76.4. The van der Waals surface area contributed by atoms with E-state index in [0.717, 1.165) is 17.1 Å². The smallest absolute Gasteiger partial charge is 0.410 e. The minimum Gasteiger partial charge on any atom is -0.445 e. The number of urea groups is 1. The molecule has 2 aromatic carbocycles. The lowest BCUT2D eigenvalue weighted by Gasteiger charge is -2.41. The molecule has 0 saturated carbocycles. The van der Waals surface area contributed by atoms with Crippen molar-refractivity contribution >= 4 is 71.0 Å². The first-order valence-electron chi connectivity index (χ1n) is 31.6. The lowest BCUT2D eigenvalue weighted by molar-refractivity contribution is -0.148. The summed E-state index contributed by atoms with van der Waals surface area (Å²) >= 11 is 0. The second kappa shape index (κ2) is 36.3. The molecule has 27 heteroatoms. The van der Waals surface area contributed by atoms with Crippen LogP contribution < -0.4 is 43.4 Å². The van der Waals surface area contributed by atoms with E-state index in [-0.39, 0.29) is 55.8 Å². The second-order valence-corrected chi connectivity index (χ2v) is 24.9. The van der Waals surface area contributed by atoms with Crippen LogP contribution in [0.3, 0.4) is 0 Å². The number of primary amides is 1. The molecule has 0 aliphatic carbocycles. The van der Waals surface area contributed by atoms with Crippen LogP contribution in [0.25, 0.3) is 0 Å². The first-order chi connectivity index (χ1) is 43.4. The van der Waals surface area contributed by atoms with Crippen molar-refractivity contribution in [3.63, 3.8) is 0 Å². The topological polar surface area (TPSA) is 373 Å². The van der Waals surface area contributed by atoms with E-state index in [1.54, 1.807) is 91.6 Å². The minimum atomic E-state index is -1.41. The Morgan fingerprint density at radius 1 is 0.728 bits per heavy atom. The molecular weight excluding hydrogens is 1190 g/mol. The Labute approximate surface area is 540 Å². The van der Waals surface area contributed by atoms with Crippen LogP contribution >= 0.6 is 0 Å². The van der Waals surface area contributed by atoms with Crippen LogP contribution in [0.5, 0.6) is 0 Å². The van der Waals surface area contributed by atoms with Crippen LogP contribution in [0.15, 0.2) is 66.7 Å². The zero-order valence-electron chi connectivity index (χ0n) is 55.8. The van der Waals surface area contributed by atoms with Gasteiger partial charge in [-0.2, -0.15) is 0 Å². The molecule has 2 heterocycles. The molecule has 1 saturated heterocycles. The number of imide groups is 1. The Morgan fingerprint density at radius 2 is 1.34 bits per heavy atom. The van der Waals surface area contributed by atoms with Gasteiger partial charge < -0.3 is 72.5 Å². The Bertz CT molecular complexity index is 2860. The predicted molar refractivity (Wildman–Crippen MR) is 343 cm³/mol. The van der Waals surface area contributed by atoms with Gasteiger partial charge in [0.1, 0.15) is 36.8 Å². The van der Waals surface area contributed by atoms with Gasteiger partial charge in [-0.05, 0) is 79.5 Å². The van der Waals surface area contributed by atoms with Crippen molar-refractivity contribution in [1.29, 1.82) is 0 Å². The van der Waals surface area contributed by atoms with Gasteiger partial charge in [-0.25, -0.2) is 9.59 Å². The molecule has 13 atom stereocenters. The highest BCUT2D eigenvalue weighted by molar-refractivity contribution is 6.15. The fourth-order valence-electron chi connectivity index (χ4n) is 11.7. The molecule has 4 rings (SSSR count). The summed E-state index contributed by atoms with van der Waals surface area (Å²) in [4.78, 5) is 153. The van der Waals surface area contributed by atoms with E-state index < -0.39 is 150 Å². The molecule has 1 unspecified atom stereocenters. The number of rotatable bonds is 35. The Morgan fingerprint density at radius 3 is 1.88 bits per heavy atom. The van der Waals surface area contributed by atoms with Gasteiger partial charge in [-0.1, -0.05) is 111 Å². The number of carbonyl (C=O) groups is 11. The quantitative estimate of drug-likeness (QED) is 0.0354. The average molecular weight is 1290 g/mol. The van der Waals surface area contributed by atoms with Crippen LogP contribution in [0.4, 0.5) is 15.3 Å². The summed E-state index contributed by atoms with van der Waals surface area (Å²) in [6.07, 6.45) is 0.745. The lowest BCUT2D eigenvalue weighted by atomic mass is 9.89. The van der Waals surface area contributed by atoms with Crippen LogP contribution in [-0.2, 0) is 64.0 Å². The molecule has 11 N–H and O–H groups in total. The number of methoxy groups -OCH3 is 2. The van der Waals surface area contributed by atoms with Crippen LogP contribution in [0.1, 0.15) is 125 Å². The summed E-state index contributed by atoms with van der Waals surface area (Å²) in [5.74, 6) is -7.68. The molecule has 2 aliphatic rings. The van der Waals surface area contributed by atoms with Gasteiger partial charge in [0.15, 0.2) is 0 Å². The minimum absolute atomic E-state index is 0.0110. The second-order valence-electron chi connectivity index (χ2n) is 24.9. The van der Waals surface area contributed by atoms with Crippen molar-refractivity contribution in [1.82, 2.24) is 46.2 Å². The number of aliphatic hydroxyl groups is 1. The van der Waals surface area contributed by atoms with Crippen molar-refractivity contribution in [2.24, 2.45) is 41.1 Å². The SMILES string of the molecule is CC[C@H](C)C([C@@H](CC(=O)N1CCC[C@H]1[C@H](OC)[C@@H](C)C(=O)N[C@H](C)[C@@H](O)c1ccccc1)OC)N(C)C(=O)[C@@H](NC(=O)[C@H](C(C)C)N(C)C(=O)OCc1ccc(NC(=O)[C@H](CCCNC(N)=O)NC(=O)[C@@H](NC(=O)[C@H](CN)N2C(=O)C=CC2=O)C(C)C)cc1)C(C)C. The zero-order valence-corrected chi connectivity index (χ0v) is 55.8. The van der Waals surface area contributed by atoms with E-state index in [1.807, 2.05) is 32.0 Å². The van der Waals surface area contributed by atoms with Crippen molar-refractivity contribution in [2.45, 2.75) is 181 Å². The maximum atomic E-state index is 14.8. The van der Waals surface area contributed by atoms with E-state index in [2.05, 4.69) is 31.9 Å². The summed E-state index contributed by atoms with van der Waals surface area (Å²) in [5, 5.41) is 27.2. The molecule has 0 radical (unpaired) electrons. The van der Waals surface area contributed by atoms with Crippen molar-refractivity contribution < 1.29 is 72.1 Å². The maximum absolute atomic E-state index is 14.8. The van der Waals surface area contributed by atoms with Gasteiger partial charge in [-0.15, -0.1) is 0 Å². The number of nitrogens with zero attached hydrogens (tertiary/aromatic N) is 4. The van der Waals surface area contributed by atoms with Gasteiger partial charge in [0, 0.05) is 65.8 Å². The number of hydrogen-bond acceptors (Lipinski definition) is 16. The number of nitrogens with two attached hydrogens (primary N) is 2. The largest absolute Gasteiger partial charge is 0.445 e. The van der Waals surface area contributed by atoms with Gasteiger partial charge in [0.25, 0.3) is 11.8 Å². The molecule has 12 amide bonds. The molecule has 92 heavy (non-hydrogen) atoms. The summed E-state index contributed by atoms with van der Waals surface area (Å²) < 4.78 is 17.7. The number of benzene rings is 2. The molecule has 27 nitrogen and oxygen atoms in total. The van der Waals surface area contributed by atoms with Gasteiger partial charge in [0.2, 0.25) is 41.4 Å². The standard InChI is InChI=1S/C65H100N12O15/c1-15-39(8)55(48(90-13)33-51(80)76-32-20-24-46(76)57(91-14)40(9)58(82)69-41(10)56(81)43-21-17-16-18-22-43)74(11)63(87)53(37(4)5)73-62(86)54(38(6)7)75(12)65(89)92-35-42-25-27-44(28-26-42)70-59(83)45(23-19-31-68-64(67)88)71-61(85)52(36(2)3)72-60(84)47(34-66)77-49(78)29-30-50(77)79/h16-18,21-22,25-30,36-41,45-48,52-57,81H,15,19-20,23-24,31-35,66H2,1-14H3,(H,69,82)(H,70,83)(H,71,85)(H,72,84)(H,73,86)(H3,67,68,88)/t39-,40+,41+,45-,46-,47-,48+,52-,53-,54-,55?,56+,57+/m0/s1. The van der Waals surface area contributed by atoms with E-state index in [9.17, 15) is 57.8 Å². The number of ether oxygens (including phenoxy) is 3. The van der Waals surface area contributed by atoms with E-state index in [1.165, 1.54) is 38.3 Å². The van der Waals surface area contributed by atoms with E-state index in [4.69, 9.17) is 25.7 Å². The lowest BCUT2D eigenvalue weighted by Crippen LogP contribution is -2.60. The van der Waals surface area contributed by atoms with Crippen LogP contribution in [0.2, 0.25) is 0 Å². The van der Waals surface area contributed by atoms with Gasteiger partial charge >= 0.3 is 12.1 Å². The van der Waals surface area contributed by atoms with Crippen molar-refractivity contribution in [3.8, 4) is 0 Å². The molecule has 0 spiro atoms. The highest BCUT2D eigenvalue weighted by Crippen LogP contribution is 2.31. The number of nitrogens with one attached hydrogen (secondary N) is 6. The van der Waals surface area contributed by atoms with Crippen molar-refractivity contribution in [3.05, 3.63) is 77.9 Å². The zero-order chi connectivity index (χ0) is 68.8. The van der Waals surface area contributed by atoms with Crippen molar-refractivity contribution in [2.75, 3.05) is 53.3 Å². The highest BCUT2D eigenvalue weighted by atomic mass is 16.6. The Kier molecular flexibility index (Phi) is 30.2. The Balaban J connectivity index is 1.41. The number of anilines is 1. The number of likely N-dealkylation sites (N-methyl/N-ethyl adjacent to an activating group) is 2. The van der Waals surface area contributed by atoms with Crippen LogP contribution in [-0.4, -0.2) is 198 Å². The number of amides is 12. The molecule has 0 bridgehead atoms. The highest BCUT2D eigenvalue weighted by Gasteiger charge is 2.45. The molecular formula is C65H100N12O15. The normalized spacial score (nSPS) is 17.9. The average Bonchev–Trinajstić information content (AvgIpc) is 1.42. The maximum Gasteiger partial charge on any atom is 0.410 e. The monoisotopic (exact) mass is 1290 g/mol. The number of likely N-dealkylation sites (tertiary alicyclic amines) is 1. The summed E-state index contributed by atoms with van der Waals surface area (Å²) in [7, 11) is 6.05. The third kappa shape index (κ3) is 20.8. The fourth-order valence-corrected chi connectivity index (χ4v) is 11.7. The predicted octanol–water partition coefficient (Wildman–Crippen LogP) is 2.84. The summed E-state index contributed by atoms with van der Waals surface area (Å²) in [5.41, 5.74) is 12.5. The molecule has 510 valence electrons. The molecule has 0 aromatic heterocycles. The summed E-state index contributed by atoms with van der Waals surface area (Å²) in [6.45, 7) is 17.6. The van der Waals surface area contributed by atoms with E-state index in [0.29, 0.717) is 41.8 Å². The fraction of sp³-hybridized carbons (Fsp3) is 0.615. The van der Waals surface area contributed by atoms with E-state index >= 15 is 0 Å². The third-order valence-electron chi connectivity index (χ3n) is 17.2. The third-order valence-corrected chi connectivity index (χ3v) is 17.2. The molecule has 2 aliphatic heterocycles.